The molecule has 0 aliphatic rings. The van der Waals surface area contributed by atoms with Crippen molar-refractivity contribution in [1.29, 1.82) is 0 Å². The number of H-pyrrole nitrogens is 1. The van der Waals surface area contributed by atoms with Crippen LogP contribution in [0.25, 0.3) is 10.9 Å². The quantitative estimate of drug-likeness (QED) is 0.588. The Bertz CT molecular complexity index is 1210. The smallest absolute Gasteiger partial charge is 0.387 e. The highest BCUT2D eigenvalue weighted by atomic mass is 19.4. The second kappa shape index (κ2) is 8.15. The van der Waals surface area contributed by atoms with E-state index in [1.807, 2.05) is 0 Å². The van der Waals surface area contributed by atoms with Gasteiger partial charge >= 0.3 is 11.9 Å². The number of nitrogens with zero attached hydrogens (tertiary/aromatic N) is 1. The van der Waals surface area contributed by atoms with Gasteiger partial charge in [0.2, 0.25) is 0 Å². The average Bonchev–Trinajstić information content (AvgIpc) is 2.71. The monoisotopic (exact) mass is 421 g/mol. The molecule has 0 fully saturated rings. The van der Waals surface area contributed by atoms with E-state index < -0.39 is 41.5 Å². The van der Waals surface area contributed by atoms with Crippen molar-refractivity contribution in [3.05, 3.63) is 80.0 Å². The molecule has 0 spiro atoms. The van der Waals surface area contributed by atoms with Crippen LogP contribution in [-0.4, -0.2) is 27.1 Å². The number of rotatable bonds is 5. The van der Waals surface area contributed by atoms with Crippen molar-refractivity contribution in [2.75, 3.05) is 6.54 Å². The van der Waals surface area contributed by atoms with Crippen LogP contribution in [0.3, 0.4) is 0 Å². The largest absolute Gasteiger partial charge is 0.416 e. The van der Waals surface area contributed by atoms with Crippen molar-refractivity contribution in [2.45, 2.75) is 25.7 Å². The Morgan fingerprint density at radius 1 is 1.20 bits per heavy atom. The molecule has 30 heavy (non-hydrogen) atoms. The van der Waals surface area contributed by atoms with E-state index in [0.717, 1.165) is 16.7 Å². The SMILES string of the molecule is CCn1c(=O)[nH]c2cc(C(=O)NCC(O)c3ccccc3C(F)(F)F)ccc2c1=O. The van der Waals surface area contributed by atoms with E-state index in [1.54, 1.807) is 6.92 Å². The third-order valence-electron chi connectivity index (χ3n) is 4.64. The number of carbonyl (C=O) groups is 1. The van der Waals surface area contributed by atoms with Gasteiger partial charge in [-0.1, -0.05) is 18.2 Å². The Hall–Kier alpha value is -3.40. The number of fused-ring (bicyclic) bond motifs is 1. The fourth-order valence-corrected chi connectivity index (χ4v) is 3.13. The van der Waals surface area contributed by atoms with Gasteiger partial charge < -0.3 is 15.4 Å². The van der Waals surface area contributed by atoms with Crippen molar-refractivity contribution < 1.29 is 23.1 Å². The first-order valence-corrected chi connectivity index (χ1v) is 9.02. The summed E-state index contributed by atoms with van der Waals surface area (Å²) in [7, 11) is 0. The molecule has 7 nitrogen and oxygen atoms in total. The van der Waals surface area contributed by atoms with Gasteiger partial charge in [-0.05, 0) is 36.8 Å². The van der Waals surface area contributed by atoms with Gasteiger partial charge in [0, 0.05) is 18.7 Å². The van der Waals surface area contributed by atoms with Gasteiger partial charge in [0.1, 0.15) is 0 Å². The summed E-state index contributed by atoms with van der Waals surface area (Å²) in [6.07, 6.45) is -6.22. The molecular weight excluding hydrogens is 403 g/mol. The summed E-state index contributed by atoms with van der Waals surface area (Å²) < 4.78 is 40.3. The minimum atomic E-state index is -4.64. The number of amides is 1. The molecular formula is C20H18F3N3O4. The second-order valence-electron chi connectivity index (χ2n) is 6.55. The molecule has 1 heterocycles. The molecule has 0 aliphatic carbocycles. The van der Waals surface area contributed by atoms with Gasteiger partial charge in [-0.15, -0.1) is 0 Å². The minimum absolute atomic E-state index is 0.0723. The lowest BCUT2D eigenvalue weighted by Crippen LogP contribution is -2.34. The lowest BCUT2D eigenvalue weighted by Gasteiger charge is -2.18. The summed E-state index contributed by atoms with van der Waals surface area (Å²) in [5, 5.41) is 12.7. The summed E-state index contributed by atoms with van der Waals surface area (Å²) in [4.78, 5) is 39.1. The fourth-order valence-electron chi connectivity index (χ4n) is 3.13. The van der Waals surface area contributed by atoms with Gasteiger partial charge in [-0.25, -0.2) is 4.79 Å². The van der Waals surface area contributed by atoms with Crippen molar-refractivity contribution in [3.8, 4) is 0 Å². The van der Waals surface area contributed by atoms with Gasteiger partial charge in [0.25, 0.3) is 11.5 Å². The fraction of sp³-hybridized carbons (Fsp3) is 0.250. The Morgan fingerprint density at radius 2 is 1.90 bits per heavy atom. The molecule has 3 N–H and O–H groups in total. The second-order valence-corrected chi connectivity index (χ2v) is 6.55. The third-order valence-corrected chi connectivity index (χ3v) is 4.64. The van der Waals surface area contributed by atoms with E-state index in [4.69, 9.17) is 0 Å². The van der Waals surface area contributed by atoms with Gasteiger partial charge in [-0.2, -0.15) is 13.2 Å². The molecule has 3 aromatic rings. The number of carbonyl (C=O) groups excluding carboxylic acids is 1. The van der Waals surface area contributed by atoms with Crippen LogP contribution in [-0.2, 0) is 12.7 Å². The molecule has 2 aromatic carbocycles. The van der Waals surface area contributed by atoms with Crippen LogP contribution in [0, 0.1) is 0 Å². The van der Waals surface area contributed by atoms with Crippen LogP contribution in [0.5, 0.6) is 0 Å². The van der Waals surface area contributed by atoms with Crippen molar-refractivity contribution >= 4 is 16.8 Å². The zero-order valence-corrected chi connectivity index (χ0v) is 15.8. The van der Waals surface area contributed by atoms with Crippen LogP contribution in [0.1, 0.15) is 34.5 Å². The lowest BCUT2D eigenvalue weighted by molar-refractivity contribution is -0.139. The number of aromatic amines is 1. The van der Waals surface area contributed by atoms with Crippen molar-refractivity contribution in [1.82, 2.24) is 14.9 Å². The molecule has 0 saturated carbocycles. The number of alkyl halides is 3. The van der Waals surface area contributed by atoms with Crippen LogP contribution >= 0.6 is 0 Å². The minimum Gasteiger partial charge on any atom is -0.387 e. The standard InChI is InChI=1S/C20H18F3N3O4/c1-2-26-18(29)13-8-7-11(9-15(13)25-19(26)30)17(28)24-10-16(27)12-5-3-4-6-14(12)20(21,22)23/h3-9,16,27H,2,10H2,1H3,(H,24,28)(H,25,30). The molecule has 0 bridgehead atoms. The van der Waals surface area contributed by atoms with E-state index in [0.29, 0.717) is 0 Å². The Balaban J connectivity index is 1.81. The van der Waals surface area contributed by atoms with Crippen molar-refractivity contribution in [3.63, 3.8) is 0 Å². The summed E-state index contributed by atoms with van der Waals surface area (Å²) in [6, 6.07) is 8.58. The zero-order chi connectivity index (χ0) is 22.1. The maximum atomic E-state index is 13.1. The van der Waals surface area contributed by atoms with Crippen LogP contribution in [0.2, 0.25) is 0 Å². The summed E-state index contributed by atoms with van der Waals surface area (Å²) in [5.41, 5.74) is -2.22. The molecule has 0 aliphatic heterocycles. The predicted octanol–water partition coefficient (Wildman–Crippen LogP) is 2.19. The highest BCUT2D eigenvalue weighted by Gasteiger charge is 2.34. The van der Waals surface area contributed by atoms with E-state index in [2.05, 4.69) is 10.3 Å². The Labute approximate surface area is 167 Å². The molecule has 1 aromatic heterocycles. The first-order chi connectivity index (χ1) is 14.1. The van der Waals surface area contributed by atoms with E-state index >= 15 is 0 Å². The highest BCUT2D eigenvalue weighted by molar-refractivity contribution is 5.97. The molecule has 3 rings (SSSR count). The van der Waals surface area contributed by atoms with E-state index in [-0.39, 0.29) is 28.6 Å². The number of hydrogen-bond donors (Lipinski definition) is 3. The average molecular weight is 421 g/mol. The molecule has 10 heteroatoms. The first-order valence-electron chi connectivity index (χ1n) is 9.02. The topological polar surface area (TPSA) is 104 Å². The zero-order valence-electron chi connectivity index (χ0n) is 15.8. The molecule has 1 atom stereocenters. The maximum absolute atomic E-state index is 13.1. The highest BCUT2D eigenvalue weighted by Crippen LogP contribution is 2.34. The third kappa shape index (κ3) is 4.13. The molecule has 1 unspecified atom stereocenters. The van der Waals surface area contributed by atoms with Crippen LogP contribution in [0.4, 0.5) is 13.2 Å². The molecule has 1 amide bonds. The van der Waals surface area contributed by atoms with Gasteiger partial charge in [0.05, 0.1) is 22.6 Å². The normalized spacial score (nSPS) is 12.7. The number of benzene rings is 2. The number of aliphatic hydroxyl groups excluding tert-OH is 1. The Morgan fingerprint density at radius 3 is 2.57 bits per heavy atom. The van der Waals surface area contributed by atoms with Crippen LogP contribution in [0.15, 0.2) is 52.1 Å². The summed E-state index contributed by atoms with van der Waals surface area (Å²) >= 11 is 0. The van der Waals surface area contributed by atoms with Gasteiger partial charge in [0.15, 0.2) is 0 Å². The summed E-state index contributed by atoms with van der Waals surface area (Å²) in [5.74, 6) is -0.680. The summed E-state index contributed by atoms with van der Waals surface area (Å²) in [6.45, 7) is 1.37. The number of aliphatic hydroxyl groups is 1. The van der Waals surface area contributed by atoms with Crippen LogP contribution < -0.4 is 16.6 Å². The molecule has 158 valence electrons. The Kier molecular flexibility index (Phi) is 5.79. The number of aromatic nitrogens is 2. The first kappa shape index (κ1) is 21.3. The van der Waals surface area contributed by atoms with E-state index in [1.165, 1.54) is 30.3 Å². The number of hydrogen-bond acceptors (Lipinski definition) is 4. The number of nitrogens with one attached hydrogen (secondary N) is 2. The molecule has 0 radical (unpaired) electrons. The molecule has 0 saturated heterocycles. The predicted molar refractivity (Wildman–Crippen MR) is 103 cm³/mol. The van der Waals surface area contributed by atoms with E-state index in [9.17, 15) is 32.7 Å². The number of halogens is 3. The maximum Gasteiger partial charge on any atom is 0.416 e. The lowest BCUT2D eigenvalue weighted by atomic mass is 10.0. The van der Waals surface area contributed by atoms with Gasteiger partial charge in [-0.3, -0.25) is 14.2 Å². The van der Waals surface area contributed by atoms with Crippen molar-refractivity contribution in [2.24, 2.45) is 0 Å².